The highest BCUT2D eigenvalue weighted by atomic mass is 19.1. The van der Waals surface area contributed by atoms with Crippen molar-refractivity contribution in [1.82, 2.24) is 15.5 Å². The summed E-state index contributed by atoms with van der Waals surface area (Å²) in [6.45, 7) is 1.86. The monoisotopic (exact) mass is 292 g/mol. The Hall–Kier alpha value is -2.15. The molecule has 0 atom stereocenters. The van der Waals surface area contributed by atoms with Crippen LogP contribution in [0.2, 0.25) is 0 Å². The van der Waals surface area contributed by atoms with Gasteiger partial charge in [0.05, 0.1) is 18.4 Å². The van der Waals surface area contributed by atoms with E-state index in [2.05, 4.69) is 15.5 Å². The molecule has 3 N–H and O–H groups in total. The number of halogens is 1. The number of piperidine rings is 1. The van der Waals surface area contributed by atoms with Gasteiger partial charge in [-0.2, -0.15) is 4.98 Å². The number of nitrogens with one attached hydrogen (secondary N) is 1. The summed E-state index contributed by atoms with van der Waals surface area (Å²) in [6.07, 6.45) is 1.90. The number of rotatable bonds is 3. The summed E-state index contributed by atoms with van der Waals surface area (Å²) in [5, 5.41) is 7.26. The van der Waals surface area contributed by atoms with E-state index in [-0.39, 0.29) is 23.1 Å². The maximum Gasteiger partial charge on any atom is 0.261 e. The average molecular weight is 292 g/mol. The Labute approximate surface area is 121 Å². The van der Waals surface area contributed by atoms with Crippen molar-refractivity contribution < 1.29 is 13.7 Å². The summed E-state index contributed by atoms with van der Waals surface area (Å²) in [5.74, 6) is 0.908. The van der Waals surface area contributed by atoms with Gasteiger partial charge in [0.15, 0.2) is 5.82 Å². The lowest BCUT2D eigenvalue weighted by molar-refractivity contribution is 0.390. The maximum atomic E-state index is 14.0. The molecule has 0 amide bonds. The topological polar surface area (TPSA) is 86.2 Å². The summed E-state index contributed by atoms with van der Waals surface area (Å²) in [5.41, 5.74) is 6.10. The molecule has 112 valence electrons. The molecule has 2 aromatic rings. The SMILES string of the molecule is COc1cc(-c2nc(C3CCNCC3)no2)c(F)cc1N. The van der Waals surface area contributed by atoms with Crippen LogP contribution in [0, 0.1) is 5.82 Å². The molecule has 0 radical (unpaired) electrons. The van der Waals surface area contributed by atoms with Crippen molar-refractivity contribution in [2.75, 3.05) is 25.9 Å². The molecule has 0 saturated carbocycles. The number of anilines is 1. The molecule has 3 rings (SSSR count). The lowest BCUT2D eigenvalue weighted by Gasteiger charge is -2.18. The van der Waals surface area contributed by atoms with Crippen molar-refractivity contribution in [1.29, 1.82) is 0 Å². The lowest BCUT2D eigenvalue weighted by Crippen LogP contribution is -2.27. The number of hydrogen-bond acceptors (Lipinski definition) is 6. The molecule has 1 saturated heterocycles. The van der Waals surface area contributed by atoms with Crippen LogP contribution in [-0.2, 0) is 0 Å². The van der Waals surface area contributed by atoms with E-state index in [1.165, 1.54) is 19.2 Å². The first-order valence-electron chi connectivity index (χ1n) is 6.86. The highest BCUT2D eigenvalue weighted by Gasteiger charge is 2.23. The minimum absolute atomic E-state index is 0.152. The Kier molecular flexibility index (Phi) is 3.74. The van der Waals surface area contributed by atoms with E-state index in [0.29, 0.717) is 11.6 Å². The Balaban J connectivity index is 1.92. The number of hydrogen-bond donors (Lipinski definition) is 2. The van der Waals surface area contributed by atoms with Crippen LogP contribution < -0.4 is 15.8 Å². The third-order valence-electron chi connectivity index (χ3n) is 3.70. The van der Waals surface area contributed by atoms with E-state index in [9.17, 15) is 4.39 Å². The zero-order valence-electron chi connectivity index (χ0n) is 11.7. The quantitative estimate of drug-likeness (QED) is 0.841. The first-order valence-corrected chi connectivity index (χ1v) is 6.86. The number of benzene rings is 1. The molecule has 0 unspecified atom stereocenters. The predicted molar refractivity (Wildman–Crippen MR) is 75.5 cm³/mol. The number of nitrogens with two attached hydrogens (primary N) is 1. The first kappa shape index (κ1) is 13.8. The second kappa shape index (κ2) is 5.69. The fraction of sp³-hybridized carbons (Fsp3) is 0.429. The van der Waals surface area contributed by atoms with Gasteiger partial charge in [0.25, 0.3) is 5.89 Å². The van der Waals surface area contributed by atoms with Crippen LogP contribution in [0.15, 0.2) is 16.7 Å². The van der Waals surface area contributed by atoms with Crippen molar-refractivity contribution in [3.05, 3.63) is 23.8 Å². The largest absolute Gasteiger partial charge is 0.495 e. The van der Waals surface area contributed by atoms with Gasteiger partial charge in [0.1, 0.15) is 11.6 Å². The summed E-state index contributed by atoms with van der Waals surface area (Å²) in [4.78, 5) is 4.33. The Bertz CT molecular complexity index is 638. The molecule has 1 aromatic heterocycles. The number of aromatic nitrogens is 2. The molecule has 7 heteroatoms. The smallest absolute Gasteiger partial charge is 0.261 e. The molecule has 1 fully saturated rings. The Morgan fingerprint density at radius 1 is 1.38 bits per heavy atom. The molecule has 1 aliphatic heterocycles. The van der Waals surface area contributed by atoms with Crippen LogP contribution in [0.4, 0.5) is 10.1 Å². The van der Waals surface area contributed by atoms with Crippen molar-refractivity contribution >= 4 is 5.69 Å². The molecule has 2 heterocycles. The molecule has 6 nitrogen and oxygen atoms in total. The summed E-state index contributed by atoms with van der Waals surface area (Å²) >= 11 is 0. The van der Waals surface area contributed by atoms with Gasteiger partial charge in [0, 0.05) is 12.0 Å². The van der Waals surface area contributed by atoms with Crippen LogP contribution in [0.1, 0.15) is 24.6 Å². The molecular formula is C14H17FN4O2. The summed E-state index contributed by atoms with van der Waals surface area (Å²) in [7, 11) is 1.47. The molecule has 0 spiro atoms. The third kappa shape index (κ3) is 2.69. The first-order chi connectivity index (χ1) is 10.2. The van der Waals surface area contributed by atoms with Crippen LogP contribution >= 0.6 is 0 Å². The van der Waals surface area contributed by atoms with Gasteiger partial charge in [-0.25, -0.2) is 4.39 Å². The summed E-state index contributed by atoms with van der Waals surface area (Å²) in [6, 6.07) is 2.67. The van der Waals surface area contributed by atoms with Gasteiger partial charge in [-0.1, -0.05) is 5.16 Å². The van der Waals surface area contributed by atoms with Crippen LogP contribution in [0.25, 0.3) is 11.5 Å². The zero-order valence-corrected chi connectivity index (χ0v) is 11.7. The Morgan fingerprint density at radius 2 is 2.14 bits per heavy atom. The fourth-order valence-corrected chi connectivity index (χ4v) is 2.50. The highest BCUT2D eigenvalue weighted by molar-refractivity contribution is 5.65. The van der Waals surface area contributed by atoms with Gasteiger partial charge < -0.3 is 20.3 Å². The number of ether oxygens (including phenoxy) is 1. The zero-order chi connectivity index (χ0) is 14.8. The number of methoxy groups -OCH3 is 1. The van der Waals surface area contributed by atoms with Crippen LogP contribution in [0.5, 0.6) is 5.75 Å². The molecule has 0 bridgehead atoms. The normalized spacial score (nSPS) is 16.1. The molecular weight excluding hydrogens is 275 g/mol. The molecule has 1 aromatic carbocycles. The maximum absolute atomic E-state index is 14.0. The number of nitrogen functional groups attached to an aromatic ring is 1. The summed E-state index contributed by atoms with van der Waals surface area (Å²) < 4.78 is 24.3. The van der Waals surface area contributed by atoms with E-state index in [4.69, 9.17) is 15.0 Å². The van der Waals surface area contributed by atoms with Crippen molar-refractivity contribution in [2.24, 2.45) is 0 Å². The van der Waals surface area contributed by atoms with Gasteiger partial charge in [-0.15, -0.1) is 0 Å². The minimum Gasteiger partial charge on any atom is -0.495 e. The van der Waals surface area contributed by atoms with E-state index in [1.54, 1.807) is 0 Å². The van der Waals surface area contributed by atoms with Gasteiger partial charge in [-0.3, -0.25) is 0 Å². The average Bonchev–Trinajstić information content (AvgIpc) is 2.98. The highest BCUT2D eigenvalue weighted by Crippen LogP contribution is 2.32. The minimum atomic E-state index is -0.506. The van der Waals surface area contributed by atoms with E-state index < -0.39 is 5.82 Å². The van der Waals surface area contributed by atoms with Gasteiger partial charge in [0.2, 0.25) is 0 Å². The number of nitrogens with zero attached hydrogens (tertiary/aromatic N) is 2. The van der Waals surface area contributed by atoms with Gasteiger partial charge in [-0.05, 0) is 32.0 Å². The lowest BCUT2D eigenvalue weighted by atomic mass is 9.98. The van der Waals surface area contributed by atoms with Crippen molar-refractivity contribution in [3.8, 4) is 17.2 Å². The van der Waals surface area contributed by atoms with E-state index in [0.717, 1.165) is 25.9 Å². The second-order valence-corrected chi connectivity index (χ2v) is 5.06. The van der Waals surface area contributed by atoms with Crippen molar-refractivity contribution in [3.63, 3.8) is 0 Å². The molecule has 1 aliphatic rings. The third-order valence-corrected chi connectivity index (χ3v) is 3.70. The standard InChI is InChI=1S/C14H17FN4O2/c1-20-12-6-9(10(15)7-11(12)16)14-18-13(19-21-14)8-2-4-17-5-3-8/h6-8,17H,2-5,16H2,1H3. The van der Waals surface area contributed by atoms with E-state index >= 15 is 0 Å². The van der Waals surface area contributed by atoms with Gasteiger partial charge >= 0.3 is 0 Å². The van der Waals surface area contributed by atoms with Crippen LogP contribution in [-0.4, -0.2) is 30.3 Å². The molecule has 0 aliphatic carbocycles. The Morgan fingerprint density at radius 3 is 2.86 bits per heavy atom. The predicted octanol–water partition coefficient (Wildman–Crippen LogP) is 1.93. The van der Waals surface area contributed by atoms with E-state index in [1.807, 2.05) is 0 Å². The fourth-order valence-electron chi connectivity index (χ4n) is 2.50. The second-order valence-electron chi connectivity index (χ2n) is 5.06. The molecule has 21 heavy (non-hydrogen) atoms. The van der Waals surface area contributed by atoms with Crippen LogP contribution in [0.3, 0.4) is 0 Å². The van der Waals surface area contributed by atoms with Crippen molar-refractivity contribution in [2.45, 2.75) is 18.8 Å².